The van der Waals surface area contributed by atoms with Crippen LogP contribution in [0, 0.1) is 0 Å². The Bertz CT molecular complexity index is 1050. The van der Waals surface area contributed by atoms with Gasteiger partial charge in [0.1, 0.15) is 18.7 Å². The molecule has 1 atom stereocenters. The lowest BCUT2D eigenvalue weighted by Gasteiger charge is -2.24. The molecule has 0 aliphatic carbocycles. The molecule has 144 valence electrons. The first-order chi connectivity index (χ1) is 13.4. The van der Waals surface area contributed by atoms with Crippen molar-refractivity contribution in [2.24, 2.45) is 0 Å². The predicted molar refractivity (Wildman–Crippen MR) is 114 cm³/mol. The lowest BCUT2D eigenvalue weighted by Crippen LogP contribution is -2.29. The number of rotatable bonds is 4. The second kappa shape index (κ2) is 8.02. The first-order valence-electron chi connectivity index (χ1n) is 8.17. The minimum absolute atomic E-state index is 0.0994. The van der Waals surface area contributed by atoms with Crippen LogP contribution in [-0.2, 0) is 11.4 Å². The summed E-state index contributed by atoms with van der Waals surface area (Å²) in [5.74, 6) is 0.986. The van der Waals surface area contributed by atoms with Crippen LogP contribution in [0.3, 0.4) is 0 Å². The van der Waals surface area contributed by atoms with Gasteiger partial charge in [-0.3, -0.25) is 10.1 Å². The number of aromatic nitrogens is 3. The summed E-state index contributed by atoms with van der Waals surface area (Å²) >= 11 is 19.1. The number of hydrogen-bond donors (Lipinski definition) is 1. The van der Waals surface area contributed by atoms with Crippen molar-refractivity contribution in [3.63, 3.8) is 0 Å². The summed E-state index contributed by atoms with van der Waals surface area (Å²) in [6.07, 6.45) is 1.70. The lowest BCUT2D eigenvalue weighted by molar-refractivity contribution is -0.117. The number of fused-ring (bicyclic) bond motifs is 1. The molecule has 3 aromatic rings. The van der Waals surface area contributed by atoms with Gasteiger partial charge >= 0.3 is 0 Å². The van der Waals surface area contributed by atoms with Gasteiger partial charge in [-0.05, 0) is 67.3 Å². The summed E-state index contributed by atoms with van der Waals surface area (Å²) in [7, 11) is 0. The third-order valence-corrected chi connectivity index (χ3v) is 6.19. The van der Waals surface area contributed by atoms with E-state index >= 15 is 0 Å². The fourth-order valence-corrected chi connectivity index (χ4v) is 4.73. The number of ether oxygens (including phenoxy) is 1. The summed E-state index contributed by atoms with van der Waals surface area (Å²) in [6, 6.07) is 8.96. The van der Waals surface area contributed by atoms with Gasteiger partial charge in [0.2, 0.25) is 11.9 Å². The average Bonchev–Trinajstić information content (AvgIpc) is 3.11. The molecule has 10 heteroatoms. The molecule has 0 unspecified atom stereocenters. The van der Waals surface area contributed by atoms with Crippen molar-refractivity contribution in [2.75, 3.05) is 5.32 Å². The van der Waals surface area contributed by atoms with E-state index in [1.165, 1.54) is 6.33 Å². The minimum Gasteiger partial charge on any atom is -0.487 e. The van der Waals surface area contributed by atoms with Gasteiger partial charge in [0.15, 0.2) is 0 Å². The van der Waals surface area contributed by atoms with E-state index in [9.17, 15) is 4.79 Å². The van der Waals surface area contributed by atoms with Crippen LogP contribution in [0.1, 0.15) is 23.6 Å². The van der Waals surface area contributed by atoms with Crippen LogP contribution < -0.4 is 10.1 Å². The molecule has 1 aliphatic heterocycles. The number of halogens is 4. The molecule has 1 aromatic heterocycles. The molecule has 4 rings (SSSR count). The molecule has 2 aromatic carbocycles. The Morgan fingerprint density at radius 2 is 1.93 bits per heavy atom. The van der Waals surface area contributed by atoms with E-state index < -0.39 is 0 Å². The molecule has 2 heterocycles. The quantitative estimate of drug-likeness (QED) is 0.461. The Labute approximate surface area is 187 Å². The number of hydrogen-bond acceptors (Lipinski definition) is 4. The smallest absolute Gasteiger partial charge is 0.229 e. The van der Waals surface area contributed by atoms with E-state index in [-0.39, 0.29) is 18.4 Å². The maximum Gasteiger partial charge on any atom is 0.229 e. The molecule has 0 fully saturated rings. The van der Waals surface area contributed by atoms with Gasteiger partial charge in [-0.2, -0.15) is 10.1 Å². The van der Waals surface area contributed by atoms with Gasteiger partial charge in [-0.25, -0.2) is 4.68 Å². The van der Waals surface area contributed by atoms with Gasteiger partial charge in [-0.1, -0.05) is 29.3 Å². The Morgan fingerprint density at radius 1 is 1.18 bits per heavy atom. The summed E-state index contributed by atoms with van der Waals surface area (Å²) in [5, 5.41) is 7.92. The Kier molecular flexibility index (Phi) is 5.64. The number of carbonyl (C=O) groups excluding carboxylic acids is 1. The van der Waals surface area contributed by atoms with Gasteiger partial charge in [0.05, 0.1) is 31.5 Å². The Balaban J connectivity index is 1.59. The summed E-state index contributed by atoms with van der Waals surface area (Å²) < 4.78 is 9.17. The van der Waals surface area contributed by atoms with Crippen LogP contribution in [0.5, 0.6) is 5.75 Å². The molecular formula is C18H12Br2Cl2N4O2. The number of nitrogens with one attached hydrogen (secondary N) is 1. The Morgan fingerprint density at radius 3 is 2.64 bits per heavy atom. The normalized spacial score (nSPS) is 15.9. The highest BCUT2D eigenvalue weighted by Crippen LogP contribution is 2.39. The molecule has 1 aliphatic rings. The zero-order valence-corrected chi connectivity index (χ0v) is 18.8. The van der Waals surface area contributed by atoms with Crippen molar-refractivity contribution in [1.82, 2.24) is 14.8 Å². The molecule has 0 spiro atoms. The zero-order chi connectivity index (χ0) is 19.8. The number of nitrogens with zero attached hydrogens (tertiary/aromatic N) is 3. The van der Waals surface area contributed by atoms with Crippen molar-refractivity contribution in [3.8, 4) is 5.75 Å². The topological polar surface area (TPSA) is 69.0 Å². The molecule has 1 amide bonds. The van der Waals surface area contributed by atoms with Crippen LogP contribution >= 0.6 is 55.1 Å². The van der Waals surface area contributed by atoms with Crippen LogP contribution in [0.15, 0.2) is 45.6 Å². The van der Waals surface area contributed by atoms with Crippen LogP contribution in [0.2, 0.25) is 10.0 Å². The standard InChI is InChI=1S/C18H12Br2Cl2N4O2/c19-11-4-10(15-6-16(27)25-18-23-8-24-26(15)18)5-12(20)17(11)28-7-9-1-2-13(21)14(22)3-9/h1-5,8,15H,6-7H2,(H,23,24,25,27)/t15-/m0/s1. The highest BCUT2D eigenvalue weighted by molar-refractivity contribution is 9.11. The first kappa shape index (κ1) is 19.7. The van der Waals surface area contributed by atoms with Gasteiger partial charge in [0.25, 0.3) is 0 Å². The maximum atomic E-state index is 12.0. The highest BCUT2D eigenvalue weighted by atomic mass is 79.9. The first-order valence-corrected chi connectivity index (χ1v) is 10.5. The van der Waals surface area contributed by atoms with E-state index in [2.05, 4.69) is 47.3 Å². The molecule has 0 saturated carbocycles. The van der Waals surface area contributed by atoms with Crippen molar-refractivity contribution in [2.45, 2.75) is 19.1 Å². The third kappa shape index (κ3) is 3.91. The monoisotopic (exact) mass is 544 g/mol. The van der Waals surface area contributed by atoms with E-state index in [0.29, 0.717) is 28.3 Å². The van der Waals surface area contributed by atoms with Crippen LogP contribution in [0.4, 0.5) is 5.95 Å². The summed E-state index contributed by atoms with van der Waals surface area (Å²) in [5.41, 5.74) is 1.80. The van der Waals surface area contributed by atoms with E-state index in [1.54, 1.807) is 16.8 Å². The average molecular weight is 547 g/mol. The second-order valence-corrected chi connectivity index (χ2v) is 8.67. The van der Waals surface area contributed by atoms with Crippen molar-refractivity contribution in [1.29, 1.82) is 0 Å². The van der Waals surface area contributed by atoms with Crippen molar-refractivity contribution >= 4 is 66.9 Å². The van der Waals surface area contributed by atoms with Gasteiger partial charge < -0.3 is 4.74 Å². The third-order valence-electron chi connectivity index (χ3n) is 4.27. The molecule has 28 heavy (non-hydrogen) atoms. The fourth-order valence-electron chi connectivity index (χ4n) is 2.96. The molecule has 0 bridgehead atoms. The highest BCUT2D eigenvalue weighted by Gasteiger charge is 2.28. The van der Waals surface area contributed by atoms with E-state index in [1.807, 2.05) is 18.2 Å². The maximum absolute atomic E-state index is 12.0. The zero-order valence-electron chi connectivity index (χ0n) is 14.1. The molecule has 0 radical (unpaired) electrons. The number of carbonyl (C=O) groups is 1. The van der Waals surface area contributed by atoms with Crippen LogP contribution in [0.25, 0.3) is 0 Å². The van der Waals surface area contributed by atoms with Gasteiger partial charge in [0, 0.05) is 0 Å². The molecule has 6 nitrogen and oxygen atoms in total. The van der Waals surface area contributed by atoms with Gasteiger partial charge in [-0.15, -0.1) is 0 Å². The number of amides is 1. The van der Waals surface area contributed by atoms with E-state index in [0.717, 1.165) is 20.1 Å². The molecule has 0 saturated heterocycles. The van der Waals surface area contributed by atoms with Crippen LogP contribution in [-0.4, -0.2) is 20.7 Å². The SMILES string of the molecule is O=C1C[C@@H](c2cc(Br)c(OCc3ccc(Cl)c(Cl)c3)c(Br)c2)n2ncnc2N1. The predicted octanol–water partition coefficient (Wildman–Crippen LogP) is 5.62. The number of anilines is 1. The lowest BCUT2D eigenvalue weighted by atomic mass is 10.0. The van der Waals surface area contributed by atoms with Crippen molar-refractivity contribution in [3.05, 3.63) is 66.8 Å². The second-order valence-electron chi connectivity index (χ2n) is 6.15. The fraction of sp³-hybridized carbons (Fsp3) is 0.167. The van der Waals surface area contributed by atoms with E-state index in [4.69, 9.17) is 27.9 Å². The largest absolute Gasteiger partial charge is 0.487 e. The minimum atomic E-state index is -0.247. The Hall–Kier alpha value is -1.61. The molecule has 1 N–H and O–H groups in total. The molecular weight excluding hydrogens is 535 g/mol. The summed E-state index contributed by atoms with van der Waals surface area (Å²) in [4.78, 5) is 16.1. The number of benzene rings is 2. The summed E-state index contributed by atoms with van der Waals surface area (Å²) in [6.45, 7) is 0.326. The van der Waals surface area contributed by atoms with Crippen molar-refractivity contribution < 1.29 is 9.53 Å².